The minimum absolute atomic E-state index is 0.544. The molecule has 0 aliphatic carbocycles. The highest BCUT2D eigenvalue weighted by Crippen LogP contribution is 2.17. The van der Waals surface area contributed by atoms with E-state index in [2.05, 4.69) is 31.8 Å². The summed E-state index contributed by atoms with van der Waals surface area (Å²) in [6.07, 6.45) is 1.87. The number of aromatic nitrogens is 2. The molecule has 0 radical (unpaired) electrons. The topological polar surface area (TPSA) is 53.9 Å². The van der Waals surface area contributed by atoms with Gasteiger partial charge in [0.15, 0.2) is 0 Å². The molecule has 15 heavy (non-hydrogen) atoms. The van der Waals surface area contributed by atoms with Crippen molar-refractivity contribution in [1.82, 2.24) is 20.4 Å². The van der Waals surface area contributed by atoms with Gasteiger partial charge in [0.1, 0.15) is 5.82 Å². The van der Waals surface area contributed by atoms with Crippen LogP contribution in [-0.2, 0) is 0 Å². The molecular formula is C10H17N5. The van der Waals surface area contributed by atoms with Crippen molar-refractivity contribution in [2.45, 2.75) is 6.04 Å². The molecule has 5 nitrogen and oxygen atoms in total. The molecule has 0 aromatic carbocycles. The van der Waals surface area contributed by atoms with Crippen LogP contribution in [0.4, 0.5) is 5.82 Å². The van der Waals surface area contributed by atoms with E-state index >= 15 is 0 Å². The highest BCUT2D eigenvalue weighted by molar-refractivity contribution is 5.35. The third kappa shape index (κ3) is 1.72. The van der Waals surface area contributed by atoms with Gasteiger partial charge in [-0.05, 0) is 0 Å². The fourth-order valence-electron chi connectivity index (χ4n) is 1.93. The second-order valence-corrected chi connectivity index (χ2v) is 4.38. The van der Waals surface area contributed by atoms with Crippen LogP contribution in [0.25, 0.3) is 0 Å². The number of anilines is 1. The molecule has 2 aliphatic rings. The highest BCUT2D eigenvalue weighted by atomic mass is 15.4. The van der Waals surface area contributed by atoms with Crippen LogP contribution >= 0.6 is 0 Å². The van der Waals surface area contributed by atoms with Crippen LogP contribution in [0.2, 0.25) is 0 Å². The first-order valence-electron chi connectivity index (χ1n) is 5.62. The summed E-state index contributed by atoms with van der Waals surface area (Å²) in [5.74, 6) is 1.95. The zero-order chi connectivity index (χ0) is 10.1. The maximum absolute atomic E-state index is 4.36. The monoisotopic (exact) mass is 207 g/mol. The first kappa shape index (κ1) is 9.18. The lowest BCUT2D eigenvalue weighted by atomic mass is 10.0. The molecule has 3 rings (SSSR count). The van der Waals surface area contributed by atoms with Crippen molar-refractivity contribution in [2.24, 2.45) is 5.92 Å². The maximum Gasteiger partial charge on any atom is 0.124 e. The Hall–Kier alpha value is -1.07. The van der Waals surface area contributed by atoms with Crippen LogP contribution in [0.1, 0.15) is 6.04 Å². The number of nitrogens with one attached hydrogen (secondary N) is 3. The first-order valence-corrected chi connectivity index (χ1v) is 5.62. The Morgan fingerprint density at radius 2 is 2.13 bits per heavy atom. The van der Waals surface area contributed by atoms with Crippen molar-refractivity contribution in [3.05, 3.63) is 12.3 Å². The molecule has 0 spiro atoms. The Balaban J connectivity index is 1.60. The Bertz CT molecular complexity index is 326. The van der Waals surface area contributed by atoms with Gasteiger partial charge in [-0.2, -0.15) is 5.10 Å². The summed E-state index contributed by atoms with van der Waals surface area (Å²) in [5.41, 5.74) is 0. The van der Waals surface area contributed by atoms with Gasteiger partial charge >= 0.3 is 0 Å². The van der Waals surface area contributed by atoms with E-state index in [9.17, 15) is 0 Å². The van der Waals surface area contributed by atoms with E-state index in [4.69, 9.17) is 0 Å². The lowest BCUT2D eigenvalue weighted by molar-refractivity contribution is 0.319. The van der Waals surface area contributed by atoms with E-state index in [-0.39, 0.29) is 0 Å². The molecule has 0 amide bonds. The summed E-state index contributed by atoms with van der Waals surface area (Å²) >= 11 is 0. The Morgan fingerprint density at radius 3 is 2.73 bits per heavy atom. The number of hydrogen-bond donors (Lipinski definition) is 3. The molecule has 0 unspecified atom stereocenters. The molecule has 0 bridgehead atoms. The molecule has 2 fully saturated rings. The van der Waals surface area contributed by atoms with E-state index in [1.807, 2.05) is 6.20 Å². The summed E-state index contributed by atoms with van der Waals surface area (Å²) in [7, 11) is 0. The third-order valence-electron chi connectivity index (χ3n) is 3.21. The number of rotatable bonds is 4. The standard InChI is InChI=1S/C10H17N5/c1-2-14-15(9-6-12-7-9)10(1)13-5-8-3-11-4-8/h1-2,8-9,11-13H,3-7H2. The van der Waals surface area contributed by atoms with Crippen LogP contribution in [0.15, 0.2) is 12.3 Å². The molecule has 82 valence electrons. The van der Waals surface area contributed by atoms with Gasteiger partial charge in [-0.25, -0.2) is 4.68 Å². The van der Waals surface area contributed by atoms with Gasteiger partial charge < -0.3 is 16.0 Å². The fourth-order valence-corrected chi connectivity index (χ4v) is 1.93. The lowest BCUT2D eigenvalue weighted by Gasteiger charge is -2.31. The van der Waals surface area contributed by atoms with Crippen LogP contribution < -0.4 is 16.0 Å². The predicted molar refractivity (Wildman–Crippen MR) is 59.0 cm³/mol. The van der Waals surface area contributed by atoms with Crippen LogP contribution in [-0.4, -0.2) is 42.5 Å². The first-order chi connectivity index (χ1) is 7.43. The Morgan fingerprint density at radius 1 is 1.33 bits per heavy atom. The quantitative estimate of drug-likeness (QED) is 0.632. The molecule has 1 aromatic heterocycles. The second kappa shape index (κ2) is 3.83. The lowest BCUT2D eigenvalue weighted by Crippen LogP contribution is -2.46. The van der Waals surface area contributed by atoms with Gasteiger partial charge in [-0.15, -0.1) is 0 Å². The van der Waals surface area contributed by atoms with Gasteiger partial charge in [-0.3, -0.25) is 0 Å². The van der Waals surface area contributed by atoms with E-state index in [0.717, 1.165) is 44.5 Å². The third-order valence-corrected chi connectivity index (χ3v) is 3.21. The SMILES string of the molecule is c1cc(NCC2CNC2)n(C2CNC2)n1. The van der Waals surface area contributed by atoms with Crippen molar-refractivity contribution >= 4 is 5.82 Å². The predicted octanol–water partition coefficient (Wildman–Crippen LogP) is -0.341. The zero-order valence-electron chi connectivity index (χ0n) is 8.74. The fraction of sp³-hybridized carbons (Fsp3) is 0.700. The van der Waals surface area contributed by atoms with E-state index < -0.39 is 0 Å². The maximum atomic E-state index is 4.36. The highest BCUT2D eigenvalue weighted by Gasteiger charge is 2.22. The van der Waals surface area contributed by atoms with E-state index in [0.29, 0.717) is 6.04 Å². The average Bonchev–Trinajstić information content (AvgIpc) is 2.47. The van der Waals surface area contributed by atoms with Crippen molar-refractivity contribution in [2.75, 3.05) is 38.0 Å². The smallest absolute Gasteiger partial charge is 0.124 e. The largest absolute Gasteiger partial charge is 0.370 e. The molecule has 1 aromatic rings. The zero-order valence-corrected chi connectivity index (χ0v) is 8.74. The summed E-state index contributed by atoms with van der Waals surface area (Å²) < 4.78 is 2.10. The molecule has 3 N–H and O–H groups in total. The summed E-state index contributed by atoms with van der Waals surface area (Å²) in [4.78, 5) is 0. The van der Waals surface area contributed by atoms with Crippen LogP contribution in [0, 0.1) is 5.92 Å². The molecule has 0 saturated carbocycles. The van der Waals surface area contributed by atoms with Gasteiger partial charge in [0.05, 0.1) is 12.2 Å². The normalized spacial score (nSPS) is 22.1. The molecular weight excluding hydrogens is 190 g/mol. The summed E-state index contributed by atoms with van der Waals surface area (Å²) in [5, 5.41) is 14.4. The van der Waals surface area contributed by atoms with Crippen molar-refractivity contribution in [3.8, 4) is 0 Å². The van der Waals surface area contributed by atoms with Crippen LogP contribution in [0.3, 0.4) is 0 Å². The number of hydrogen-bond acceptors (Lipinski definition) is 4. The summed E-state index contributed by atoms with van der Waals surface area (Å²) in [6.45, 7) is 5.43. The molecule has 0 atom stereocenters. The van der Waals surface area contributed by atoms with Crippen LogP contribution in [0.5, 0.6) is 0 Å². The summed E-state index contributed by atoms with van der Waals surface area (Å²) in [6, 6.07) is 2.60. The number of nitrogens with zero attached hydrogens (tertiary/aromatic N) is 2. The van der Waals surface area contributed by atoms with E-state index in [1.54, 1.807) is 0 Å². The second-order valence-electron chi connectivity index (χ2n) is 4.38. The van der Waals surface area contributed by atoms with Gasteiger partial charge in [0.2, 0.25) is 0 Å². The minimum atomic E-state index is 0.544. The van der Waals surface area contributed by atoms with Gasteiger partial charge in [0.25, 0.3) is 0 Å². The van der Waals surface area contributed by atoms with Gasteiger partial charge in [-0.1, -0.05) is 0 Å². The van der Waals surface area contributed by atoms with Crippen molar-refractivity contribution in [1.29, 1.82) is 0 Å². The van der Waals surface area contributed by atoms with E-state index in [1.165, 1.54) is 0 Å². The molecule has 3 heterocycles. The molecule has 2 saturated heterocycles. The molecule has 2 aliphatic heterocycles. The van der Waals surface area contributed by atoms with Crippen molar-refractivity contribution < 1.29 is 0 Å². The Kier molecular flexibility index (Phi) is 2.34. The average molecular weight is 207 g/mol. The van der Waals surface area contributed by atoms with Gasteiger partial charge in [0, 0.05) is 44.7 Å². The Labute approximate surface area is 89.2 Å². The molecule has 5 heteroatoms. The minimum Gasteiger partial charge on any atom is -0.370 e. The van der Waals surface area contributed by atoms with Crippen molar-refractivity contribution in [3.63, 3.8) is 0 Å².